The van der Waals surface area contributed by atoms with Crippen LogP contribution in [0.4, 0.5) is 0 Å². The second-order valence-corrected chi connectivity index (χ2v) is 6.54. The Morgan fingerprint density at radius 1 is 1.39 bits per heavy atom. The molecule has 2 rings (SSSR count). The fourth-order valence-corrected chi connectivity index (χ4v) is 2.77. The zero-order valence-corrected chi connectivity index (χ0v) is 14.3. The molecule has 0 amide bonds. The van der Waals surface area contributed by atoms with Crippen molar-refractivity contribution in [2.45, 2.75) is 58.2 Å². The number of hydrogen-bond donors (Lipinski definition) is 1. The molecule has 23 heavy (non-hydrogen) atoms. The minimum Gasteiger partial charge on any atom is -0.392 e. The standard InChI is InChI=1S/C19H28O4/c1-15(9-10-20)11-17(12-18-14-22-19(2,3)23-18)21-13-16-7-5-4-6-8-16/h4-9,17-18,20H,10-14H2,1-3H3/b15-9+/t17-,18-/m0/s1. The number of rotatable bonds is 8. The molecule has 0 radical (unpaired) electrons. The molecule has 0 saturated carbocycles. The molecule has 128 valence electrons. The van der Waals surface area contributed by atoms with E-state index in [0.717, 1.165) is 24.0 Å². The molecule has 1 aliphatic heterocycles. The zero-order chi connectivity index (χ0) is 16.7. The Hall–Kier alpha value is -1.20. The maximum absolute atomic E-state index is 9.05. The molecule has 0 bridgehead atoms. The zero-order valence-electron chi connectivity index (χ0n) is 14.3. The van der Waals surface area contributed by atoms with Crippen LogP contribution in [0.5, 0.6) is 0 Å². The Kier molecular flexibility index (Phi) is 6.78. The first-order valence-corrected chi connectivity index (χ1v) is 8.22. The average Bonchev–Trinajstić information content (AvgIpc) is 2.85. The number of aliphatic hydroxyl groups is 1. The first-order valence-electron chi connectivity index (χ1n) is 8.22. The first-order chi connectivity index (χ1) is 11.0. The van der Waals surface area contributed by atoms with Gasteiger partial charge < -0.3 is 19.3 Å². The van der Waals surface area contributed by atoms with Crippen molar-refractivity contribution in [3.8, 4) is 0 Å². The molecule has 1 saturated heterocycles. The third-order valence-electron chi connectivity index (χ3n) is 3.91. The summed E-state index contributed by atoms with van der Waals surface area (Å²) in [6.07, 6.45) is 3.49. The van der Waals surface area contributed by atoms with Gasteiger partial charge in [-0.15, -0.1) is 0 Å². The molecule has 1 N–H and O–H groups in total. The van der Waals surface area contributed by atoms with E-state index in [1.807, 2.05) is 45.0 Å². The van der Waals surface area contributed by atoms with E-state index in [2.05, 4.69) is 12.1 Å². The largest absolute Gasteiger partial charge is 0.392 e. The van der Waals surface area contributed by atoms with Crippen molar-refractivity contribution in [1.82, 2.24) is 0 Å². The van der Waals surface area contributed by atoms with Crippen molar-refractivity contribution in [2.75, 3.05) is 13.2 Å². The van der Waals surface area contributed by atoms with Crippen LogP contribution in [0.15, 0.2) is 42.0 Å². The Labute approximate surface area is 139 Å². The van der Waals surface area contributed by atoms with E-state index in [0.29, 0.717) is 13.2 Å². The van der Waals surface area contributed by atoms with Gasteiger partial charge in [0.25, 0.3) is 0 Å². The molecule has 4 nitrogen and oxygen atoms in total. The number of aliphatic hydroxyl groups excluding tert-OH is 1. The van der Waals surface area contributed by atoms with E-state index < -0.39 is 5.79 Å². The first kappa shape index (κ1) is 18.1. The number of ether oxygens (including phenoxy) is 3. The predicted octanol–water partition coefficient (Wildman–Crippen LogP) is 3.44. The van der Waals surface area contributed by atoms with Gasteiger partial charge in [-0.25, -0.2) is 0 Å². The molecule has 1 heterocycles. The second kappa shape index (κ2) is 8.60. The smallest absolute Gasteiger partial charge is 0.163 e. The Morgan fingerprint density at radius 3 is 2.74 bits per heavy atom. The van der Waals surface area contributed by atoms with Gasteiger partial charge in [-0.3, -0.25) is 0 Å². The summed E-state index contributed by atoms with van der Waals surface area (Å²) < 4.78 is 17.7. The molecule has 0 aliphatic carbocycles. The van der Waals surface area contributed by atoms with Gasteiger partial charge in [-0.2, -0.15) is 0 Å². The van der Waals surface area contributed by atoms with Crippen LogP contribution in [-0.2, 0) is 20.8 Å². The third kappa shape index (κ3) is 6.43. The molecular weight excluding hydrogens is 292 g/mol. The lowest BCUT2D eigenvalue weighted by molar-refractivity contribution is -0.142. The number of hydrogen-bond acceptors (Lipinski definition) is 4. The summed E-state index contributed by atoms with van der Waals surface area (Å²) in [7, 11) is 0. The maximum atomic E-state index is 9.05. The number of benzene rings is 1. The van der Waals surface area contributed by atoms with Crippen LogP contribution in [0.2, 0.25) is 0 Å². The minimum atomic E-state index is -0.509. The van der Waals surface area contributed by atoms with Crippen molar-refractivity contribution in [3.63, 3.8) is 0 Å². The highest BCUT2D eigenvalue weighted by atomic mass is 16.7. The van der Waals surface area contributed by atoms with Gasteiger partial charge in [0.2, 0.25) is 0 Å². The van der Waals surface area contributed by atoms with Gasteiger partial charge in [0.05, 0.1) is 32.0 Å². The highest BCUT2D eigenvalue weighted by Crippen LogP contribution is 2.27. The minimum absolute atomic E-state index is 0.0421. The maximum Gasteiger partial charge on any atom is 0.163 e. The quantitative estimate of drug-likeness (QED) is 0.745. The van der Waals surface area contributed by atoms with Crippen LogP contribution >= 0.6 is 0 Å². The van der Waals surface area contributed by atoms with Crippen molar-refractivity contribution in [2.24, 2.45) is 0 Å². The lowest BCUT2D eigenvalue weighted by Crippen LogP contribution is -2.26. The fraction of sp³-hybridized carbons (Fsp3) is 0.579. The average molecular weight is 320 g/mol. The summed E-state index contributed by atoms with van der Waals surface area (Å²) in [6.45, 7) is 7.13. The van der Waals surface area contributed by atoms with Crippen LogP contribution in [0.1, 0.15) is 39.2 Å². The second-order valence-electron chi connectivity index (χ2n) is 6.54. The Morgan fingerprint density at radius 2 is 2.13 bits per heavy atom. The highest BCUT2D eigenvalue weighted by molar-refractivity contribution is 5.13. The Balaban J connectivity index is 1.92. The van der Waals surface area contributed by atoms with Gasteiger partial charge in [0.15, 0.2) is 5.79 Å². The molecule has 1 aromatic rings. The van der Waals surface area contributed by atoms with E-state index in [1.165, 1.54) is 0 Å². The van der Waals surface area contributed by atoms with Crippen LogP contribution in [0, 0.1) is 0 Å². The SMILES string of the molecule is C/C(=C\CO)C[C@@H](C[C@H]1COC(C)(C)O1)OCc1ccccc1. The topological polar surface area (TPSA) is 47.9 Å². The van der Waals surface area contributed by atoms with Gasteiger partial charge in [0, 0.05) is 6.42 Å². The molecule has 1 aliphatic rings. The monoisotopic (exact) mass is 320 g/mol. The summed E-state index contributed by atoms with van der Waals surface area (Å²) in [5, 5.41) is 9.05. The fourth-order valence-electron chi connectivity index (χ4n) is 2.77. The van der Waals surface area contributed by atoms with Gasteiger partial charge >= 0.3 is 0 Å². The summed E-state index contributed by atoms with van der Waals surface area (Å²) >= 11 is 0. The van der Waals surface area contributed by atoms with Crippen LogP contribution in [0.25, 0.3) is 0 Å². The van der Waals surface area contributed by atoms with E-state index in [1.54, 1.807) is 0 Å². The predicted molar refractivity (Wildman–Crippen MR) is 90.0 cm³/mol. The molecule has 1 fully saturated rings. The van der Waals surface area contributed by atoms with Gasteiger partial charge in [0.1, 0.15) is 0 Å². The van der Waals surface area contributed by atoms with Gasteiger partial charge in [-0.1, -0.05) is 42.0 Å². The summed E-state index contributed by atoms with van der Waals surface area (Å²) in [6, 6.07) is 10.2. The van der Waals surface area contributed by atoms with Gasteiger partial charge in [-0.05, 0) is 32.8 Å². The molecule has 0 spiro atoms. The van der Waals surface area contributed by atoms with Crippen molar-refractivity contribution >= 4 is 0 Å². The van der Waals surface area contributed by atoms with E-state index in [4.69, 9.17) is 19.3 Å². The summed E-state index contributed by atoms with van der Waals surface area (Å²) in [5.74, 6) is -0.509. The van der Waals surface area contributed by atoms with E-state index >= 15 is 0 Å². The van der Waals surface area contributed by atoms with Crippen molar-refractivity contribution < 1.29 is 19.3 Å². The molecule has 0 unspecified atom stereocenters. The lowest BCUT2D eigenvalue weighted by atomic mass is 10.0. The van der Waals surface area contributed by atoms with Crippen molar-refractivity contribution in [3.05, 3.63) is 47.5 Å². The molecule has 2 atom stereocenters. The molecule has 1 aromatic carbocycles. The summed E-state index contributed by atoms with van der Waals surface area (Å²) in [5.41, 5.74) is 2.29. The third-order valence-corrected chi connectivity index (χ3v) is 3.91. The van der Waals surface area contributed by atoms with E-state index in [9.17, 15) is 0 Å². The van der Waals surface area contributed by atoms with Crippen molar-refractivity contribution in [1.29, 1.82) is 0 Å². The molecule has 0 aromatic heterocycles. The van der Waals surface area contributed by atoms with Crippen LogP contribution < -0.4 is 0 Å². The molecular formula is C19H28O4. The van der Waals surface area contributed by atoms with E-state index in [-0.39, 0.29) is 18.8 Å². The van der Waals surface area contributed by atoms with Crippen LogP contribution in [-0.4, -0.2) is 36.3 Å². The highest BCUT2D eigenvalue weighted by Gasteiger charge is 2.34. The Bertz CT molecular complexity index is 495. The normalized spacial score (nSPS) is 22.3. The van der Waals surface area contributed by atoms with Crippen LogP contribution in [0.3, 0.4) is 0 Å². The lowest BCUT2D eigenvalue weighted by Gasteiger charge is -2.22. The molecule has 4 heteroatoms. The summed E-state index contributed by atoms with van der Waals surface area (Å²) in [4.78, 5) is 0.